The van der Waals surface area contributed by atoms with Gasteiger partial charge in [0.2, 0.25) is 0 Å². The Bertz CT molecular complexity index is 226. The first kappa shape index (κ1) is 6.09. The van der Waals surface area contributed by atoms with E-state index in [-0.39, 0.29) is 0 Å². The second-order valence-corrected chi connectivity index (χ2v) is 3.23. The van der Waals surface area contributed by atoms with E-state index >= 15 is 0 Å². The molecule has 1 atom stereocenters. The van der Waals surface area contributed by atoms with Gasteiger partial charge in [-0.1, -0.05) is 15.9 Å². The standard InChI is InChI=1S/C6H6BrN3/c7-5-4-10(5)6-2-1-3-8-9-6/h1-3,5H,4H2. The molecule has 3 nitrogen and oxygen atoms in total. The quantitative estimate of drug-likeness (QED) is 0.385. The Kier molecular flexibility index (Phi) is 1.34. The second kappa shape index (κ2) is 2.20. The summed E-state index contributed by atoms with van der Waals surface area (Å²) in [5.41, 5.74) is 0. The van der Waals surface area contributed by atoms with Crippen LogP contribution in [0.5, 0.6) is 0 Å². The lowest BCUT2D eigenvalue weighted by atomic mass is 10.5. The average molecular weight is 200 g/mol. The van der Waals surface area contributed by atoms with Crippen molar-refractivity contribution in [3.05, 3.63) is 18.3 Å². The smallest absolute Gasteiger partial charge is 0.152 e. The zero-order valence-electron chi connectivity index (χ0n) is 5.24. The van der Waals surface area contributed by atoms with Gasteiger partial charge in [0.05, 0.1) is 6.54 Å². The summed E-state index contributed by atoms with van der Waals surface area (Å²) in [5.74, 6) is 0.948. The Hall–Kier alpha value is -0.640. The fourth-order valence-electron chi connectivity index (χ4n) is 0.799. The van der Waals surface area contributed by atoms with Crippen molar-refractivity contribution in [3.8, 4) is 0 Å². The predicted octanol–water partition coefficient (Wildman–Crippen LogP) is 1.02. The van der Waals surface area contributed by atoms with Crippen LogP contribution in [0.3, 0.4) is 0 Å². The van der Waals surface area contributed by atoms with Crippen LogP contribution in [-0.4, -0.2) is 21.7 Å². The van der Waals surface area contributed by atoms with Gasteiger partial charge in [0.25, 0.3) is 0 Å². The van der Waals surface area contributed by atoms with Crippen LogP contribution in [0.1, 0.15) is 0 Å². The van der Waals surface area contributed by atoms with Gasteiger partial charge in [-0.15, -0.1) is 5.10 Å². The highest BCUT2D eigenvalue weighted by molar-refractivity contribution is 9.09. The Balaban J connectivity index is 2.20. The fourth-order valence-corrected chi connectivity index (χ4v) is 1.32. The van der Waals surface area contributed by atoms with Crippen LogP contribution in [-0.2, 0) is 0 Å². The molecule has 0 N–H and O–H groups in total. The molecule has 4 heteroatoms. The van der Waals surface area contributed by atoms with Crippen LogP contribution < -0.4 is 4.90 Å². The highest BCUT2D eigenvalue weighted by Gasteiger charge is 2.32. The van der Waals surface area contributed by atoms with Gasteiger partial charge >= 0.3 is 0 Å². The molecular weight excluding hydrogens is 194 g/mol. The molecule has 0 aliphatic carbocycles. The number of aromatic nitrogens is 2. The molecule has 52 valence electrons. The molecule has 0 amide bonds. The zero-order valence-corrected chi connectivity index (χ0v) is 6.82. The van der Waals surface area contributed by atoms with Crippen molar-refractivity contribution >= 4 is 21.7 Å². The van der Waals surface area contributed by atoms with Gasteiger partial charge in [0, 0.05) is 6.20 Å². The summed E-state index contributed by atoms with van der Waals surface area (Å²) >= 11 is 3.44. The van der Waals surface area contributed by atoms with E-state index in [1.54, 1.807) is 6.20 Å². The van der Waals surface area contributed by atoms with Crippen LogP contribution in [0.2, 0.25) is 0 Å². The minimum Gasteiger partial charge on any atom is -0.338 e. The molecule has 1 fully saturated rings. The van der Waals surface area contributed by atoms with E-state index in [4.69, 9.17) is 0 Å². The van der Waals surface area contributed by atoms with Gasteiger partial charge in [0.15, 0.2) is 5.82 Å². The SMILES string of the molecule is BrC1CN1c1cccnn1. The van der Waals surface area contributed by atoms with Gasteiger partial charge < -0.3 is 4.90 Å². The molecule has 10 heavy (non-hydrogen) atoms. The lowest BCUT2D eigenvalue weighted by Crippen LogP contribution is -1.96. The van der Waals surface area contributed by atoms with Crippen molar-refractivity contribution in [2.45, 2.75) is 4.95 Å². The summed E-state index contributed by atoms with van der Waals surface area (Å²) in [6.07, 6.45) is 1.68. The minimum absolute atomic E-state index is 0.476. The Morgan fingerprint density at radius 3 is 3.00 bits per heavy atom. The molecule has 0 bridgehead atoms. The lowest BCUT2D eigenvalue weighted by molar-refractivity contribution is 1.01. The number of alkyl halides is 1. The number of nitrogens with zero attached hydrogens (tertiary/aromatic N) is 3. The van der Waals surface area contributed by atoms with Crippen molar-refractivity contribution in [3.63, 3.8) is 0 Å². The molecule has 0 saturated carbocycles. The molecule has 1 unspecified atom stereocenters. The van der Waals surface area contributed by atoms with Gasteiger partial charge in [-0.2, -0.15) is 5.10 Å². The Labute approximate surface area is 67.2 Å². The third kappa shape index (κ3) is 0.988. The van der Waals surface area contributed by atoms with E-state index in [2.05, 4.69) is 31.0 Å². The summed E-state index contributed by atoms with van der Waals surface area (Å²) in [4.78, 5) is 2.59. The predicted molar refractivity (Wildman–Crippen MR) is 42.1 cm³/mol. The Morgan fingerprint density at radius 2 is 2.50 bits per heavy atom. The van der Waals surface area contributed by atoms with Crippen molar-refractivity contribution in [1.82, 2.24) is 10.2 Å². The van der Waals surface area contributed by atoms with Crippen molar-refractivity contribution in [2.24, 2.45) is 0 Å². The molecule has 0 spiro atoms. The van der Waals surface area contributed by atoms with E-state index in [9.17, 15) is 0 Å². The van der Waals surface area contributed by atoms with Gasteiger partial charge in [-0.25, -0.2) is 0 Å². The zero-order chi connectivity index (χ0) is 6.97. The van der Waals surface area contributed by atoms with E-state index in [1.807, 2.05) is 12.1 Å². The third-order valence-electron chi connectivity index (χ3n) is 1.40. The van der Waals surface area contributed by atoms with E-state index < -0.39 is 0 Å². The first-order chi connectivity index (χ1) is 4.88. The molecular formula is C6H6BrN3. The topological polar surface area (TPSA) is 28.8 Å². The van der Waals surface area contributed by atoms with E-state index in [0.717, 1.165) is 12.4 Å². The third-order valence-corrected chi connectivity index (χ3v) is 2.19. The maximum Gasteiger partial charge on any atom is 0.152 e. The fraction of sp³-hybridized carbons (Fsp3) is 0.333. The van der Waals surface area contributed by atoms with E-state index in [0.29, 0.717) is 4.95 Å². The molecule has 1 aliphatic rings. The molecule has 2 heterocycles. The molecule has 1 aromatic heterocycles. The number of hydrogen-bond acceptors (Lipinski definition) is 3. The van der Waals surface area contributed by atoms with Crippen LogP contribution in [0.4, 0.5) is 5.82 Å². The highest BCUT2D eigenvalue weighted by atomic mass is 79.9. The summed E-state index contributed by atoms with van der Waals surface area (Å²) in [7, 11) is 0. The van der Waals surface area contributed by atoms with Gasteiger partial charge in [-0.05, 0) is 12.1 Å². The van der Waals surface area contributed by atoms with Crippen LogP contribution in [0.25, 0.3) is 0 Å². The number of halogens is 1. The highest BCUT2D eigenvalue weighted by Crippen LogP contribution is 2.28. The first-order valence-corrected chi connectivity index (χ1v) is 3.98. The molecule has 1 saturated heterocycles. The van der Waals surface area contributed by atoms with Crippen molar-refractivity contribution < 1.29 is 0 Å². The number of rotatable bonds is 1. The molecule has 2 rings (SSSR count). The molecule has 1 aromatic rings. The lowest BCUT2D eigenvalue weighted by Gasteiger charge is -1.97. The molecule has 0 aromatic carbocycles. The first-order valence-electron chi connectivity index (χ1n) is 3.06. The summed E-state index contributed by atoms with van der Waals surface area (Å²) in [5, 5.41) is 7.70. The monoisotopic (exact) mass is 199 g/mol. The second-order valence-electron chi connectivity index (χ2n) is 2.17. The average Bonchev–Trinajstić information content (AvgIpc) is 2.69. The maximum absolute atomic E-state index is 3.94. The summed E-state index contributed by atoms with van der Waals surface area (Å²) in [6.45, 7) is 1.04. The number of hydrogen-bond donors (Lipinski definition) is 0. The normalized spacial score (nSPS) is 22.9. The maximum atomic E-state index is 3.94. The Morgan fingerprint density at radius 1 is 1.70 bits per heavy atom. The summed E-state index contributed by atoms with van der Waals surface area (Å²) < 4.78 is 0. The van der Waals surface area contributed by atoms with Crippen LogP contribution in [0.15, 0.2) is 18.3 Å². The molecule has 1 aliphatic heterocycles. The van der Waals surface area contributed by atoms with Gasteiger partial charge in [-0.3, -0.25) is 0 Å². The largest absolute Gasteiger partial charge is 0.338 e. The van der Waals surface area contributed by atoms with E-state index in [1.165, 1.54) is 0 Å². The van der Waals surface area contributed by atoms with Crippen molar-refractivity contribution in [2.75, 3.05) is 11.4 Å². The minimum atomic E-state index is 0.476. The van der Waals surface area contributed by atoms with Crippen molar-refractivity contribution in [1.29, 1.82) is 0 Å². The summed E-state index contributed by atoms with van der Waals surface area (Å²) in [6, 6.07) is 3.84. The van der Waals surface area contributed by atoms with Crippen LogP contribution >= 0.6 is 15.9 Å². The molecule has 0 radical (unpaired) electrons. The van der Waals surface area contributed by atoms with Crippen LogP contribution in [0, 0.1) is 0 Å². The number of anilines is 1. The van der Waals surface area contributed by atoms with Gasteiger partial charge in [0.1, 0.15) is 4.95 Å².